The largest absolute Gasteiger partial charge is 0.507 e. The quantitative estimate of drug-likeness (QED) is 0.311. The molecule has 0 aliphatic carbocycles. The third-order valence-electron chi connectivity index (χ3n) is 4.27. The van der Waals surface area contributed by atoms with Gasteiger partial charge in [0.25, 0.3) is 0 Å². The minimum Gasteiger partial charge on any atom is -0.507 e. The van der Waals surface area contributed by atoms with E-state index in [0.29, 0.717) is 5.76 Å². The van der Waals surface area contributed by atoms with E-state index in [4.69, 9.17) is 9.15 Å². The van der Waals surface area contributed by atoms with Crippen LogP contribution >= 0.6 is 0 Å². The summed E-state index contributed by atoms with van der Waals surface area (Å²) < 4.78 is 11.1. The Labute approximate surface area is 166 Å². The Balaban J connectivity index is 1.66. The Morgan fingerprint density at radius 3 is 2.34 bits per heavy atom. The van der Waals surface area contributed by atoms with E-state index in [1.807, 2.05) is 60.7 Å². The van der Waals surface area contributed by atoms with Gasteiger partial charge in [-0.15, -0.1) is 0 Å². The number of rotatable bonds is 4. The van der Waals surface area contributed by atoms with E-state index in [1.165, 1.54) is 24.3 Å². The fourth-order valence-corrected chi connectivity index (χ4v) is 2.93. The fraction of sp³-hybridized carbons (Fsp3) is 0. The van der Waals surface area contributed by atoms with Crippen molar-refractivity contribution in [1.29, 1.82) is 0 Å². The highest BCUT2D eigenvalue weighted by atomic mass is 16.5. The Morgan fingerprint density at radius 2 is 1.62 bits per heavy atom. The van der Waals surface area contributed by atoms with Crippen LogP contribution in [0.5, 0.6) is 11.5 Å². The number of phenolic OH excluding ortho intramolecular Hbond substituents is 1. The van der Waals surface area contributed by atoms with Gasteiger partial charge in [-0.2, -0.15) is 0 Å². The third-order valence-corrected chi connectivity index (χ3v) is 4.27. The molecule has 0 aliphatic rings. The van der Waals surface area contributed by atoms with Crippen molar-refractivity contribution < 1.29 is 19.1 Å². The molecule has 3 aromatic carbocycles. The SMILES string of the molecule is O=C(/C=C/c1ccccc1)Oc1cc(O)c2c(=O)cc(-c3ccccc3)oc2c1. The molecule has 0 bridgehead atoms. The summed E-state index contributed by atoms with van der Waals surface area (Å²) in [5.74, 6) is -0.499. The van der Waals surface area contributed by atoms with Crippen LogP contribution < -0.4 is 10.2 Å². The first-order valence-corrected chi connectivity index (χ1v) is 8.91. The molecule has 0 aliphatic heterocycles. The molecule has 4 aromatic rings. The lowest BCUT2D eigenvalue weighted by atomic mass is 10.1. The van der Waals surface area contributed by atoms with E-state index in [9.17, 15) is 14.7 Å². The summed E-state index contributed by atoms with van der Waals surface area (Å²) in [6.07, 6.45) is 2.91. The molecule has 1 aromatic heterocycles. The summed E-state index contributed by atoms with van der Waals surface area (Å²) in [4.78, 5) is 24.6. The predicted octanol–water partition coefficient (Wildman–Crippen LogP) is 4.78. The second-order valence-electron chi connectivity index (χ2n) is 6.32. The van der Waals surface area contributed by atoms with Gasteiger partial charge in [0, 0.05) is 29.8 Å². The molecule has 0 saturated heterocycles. The first kappa shape index (κ1) is 18.3. The van der Waals surface area contributed by atoms with E-state index in [2.05, 4.69) is 0 Å². The third kappa shape index (κ3) is 4.09. The Kier molecular flexibility index (Phi) is 4.95. The molecular weight excluding hydrogens is 368 g/mol. The maximum Gasteiger partial charge on any atom is 0.336 e. The summed E-state index contributed by atoms with van der Waals surface area (Å²) in [5, 5.41) is 10.3. The van der Waals surface area contributed by atoms with Crippen LogP contribution in [0.15, 0.2) is 94.2 Å². The number of carbonyl (C=O) groups excluding carboxylic acids is 1. The summed E-state index contributed by atoms with van der Waals surface area (Å²) in [7, 11) is 0. The van der Waals surface area contributed by atoms with Gasteiger partial charge >= 0.3 is 5.97 Å². The highest BCUT2D eigenvalue weighted by Gasteiger charge is 2.14. The molecule has 0 radical (unpaired) electrons. The van der Waals surface area contributed by atoms with Crippen molar-refractivity contribution in [3.8, 4) is 22.8 Å². The molecule has 0 spiro atoms. The molecule has 142 valence electrons. The average molecular weight is 384 g/mol. The molecule has 0 amide bonds. The van der Waals surface area contributed by atoms with E-state index >= 15 is 0 Å². The molecule has 1 heterocycles. The second-order valence-corrected chi connectivity index (χ2v) is 6.32. The Morgan fingerprint density at radius 1 is 0.931 bits per heavy atom. The number of hydrogen-bond acceptors (Lipinski definition) is 5. The summed E-state index contributed by atoms with van der Waals surface area (Å²) in [5.41, 5.74) is 1.32. The summed E-state index contributed by atoms with van der Waals surface area (Å²) in [6, 6.07) is 22.4. The van der Waals surface area contributed by atoms with Crippen molar-refractivity contribution in [3.05, 3.63) is 101 Å². The van der Waals surface area contributed by atoms with Crippen LogP contribution in [0.25, 0.3) is 28.4 Å². The van der Waals surface area contributed by atoms with Crippen LogP contribution in [-0.4, -0.2) is 11.1 Å². The lowest BCUT2D eigenvalue weighted by molar-refractivity contribution is -0.128. The maximum absolute atomic E-state index is 12.4. The van der Waals surface area contributed by atoms with Crippen LogP contribution in [0.4, 0.5) is 0 Å². The highest BCUT2D eigenvalue weighted by molar-refractivity contribution is 5.91. The van der Waals surface area contributed by atoms with Crippen molar-refractivity contribution in [2.45, 2.75) is 0 Å². The van der Waals surface area contributed by atoms with Gasteiger partial charge in [-0.3, -0.25) is 4.79 Å². The molecule has 1 N–H and O–H groups in total. The van der Waals surface area contributed by atoms with Crippen LogP contribution in [-0.2, 0) is 4.79 Å². The van der Waals surface area contributed by atoms with Gasteiger partial charge < -0.3 is 14.3 Å². The molecule has 0 fully saturated rings. The van der Waals surface area contributed by atoms with Crippen molar-refractivity contribution in [3.63, 3.8) is 0 Å². The molecule has 5 heteroatoms. The molecular formula is C24H16O5. The van der Waals surface area contributed by atoms with E-state index < -0.39 is 5.97 Å². The van der Waals surface area contributed by atoms with E-state index in [-0.39, 0.29) is 27.9 Å². The summed E-state index contributed by atoms with van der Waals surface area (Å²) >= 11 is 0. The standard InChI is InChI=1S/C24H16O5/c25-19-13-18(28-23(27)12-11-16-7-3-1-4-8-16)14-22-24(19)20(26)15-21(29-22)17-9-5-2-6-10-17/h1-15,25H/b12-11+. The Hall–Kier alpha value is -4.12. The van der Waals surface area contributed by atoms with Gasteiger partial charge in [-0.1, -0.05) is 60.7 Å². The number of fused-ring (bicyclic) bond motifs is 1. The second kappa shape index (κ2) is 7.86. The normalized spacial score (nSPS) is 11.0. The van der Waals surface area contributed by atoms with Crippen LogP contribution in [0, 0.1) is 0 Å². The monoisotopic (exact) mass is 384 g/mol. The topological polar surface area (TPSA) is 76.7 Å². The molecule has 0 unspecified atom stereocenters. The van der Waals surface area contributed by atoms with Crippen molar-refractivity contribution in [1.82, 2.24) is 0 Å². The molecule has 29 heavy (non-hydrogen) atoms. The predicted molar refractivity (Wildman–Crippen MR) is 111 cm³/mol. The summed E-state index contributed by atoms with van der Waals surface area (Å²) in [6.45, 7) is 0. The fourth-order valence-electron chi connectivity index (χ4n) is 2.93. The van der Waals surface area contributed by atoms with Gasteiger partial charge in [0.15, 0.2) is 5.43 Å². The number of phenols is 1. The van der Waals surface area contributed by atoms with E-state index in [1.54, 1.807) is 6.08 Å². The molecule has 0 saturated carbocycles. The highest BCUT2D eigenvalue weighted by Crippen LogP contribution is 2.31. The number of hydrogen-bond donors (Lipinski definition) is 1. The zero-order valence-corrected chi connectivity index (χ0v) is 15.2. The smallest absolute Gasteiger partial charge is 0.336 e. The van der Waals surface area contributed by atoms with Gasteiger partial charge in [-0.05, 0) is 11.6 Å². The van der Waals surface area contributed by atoms with Gasteiger partial charge in [-0.25, -0.2) is 4.79 Å². The lowest BCUT2D eigenvalue weighted by Crippen LogP contribution is -2.05. The number of aromatic hydroxyl groups is 1. The number of benzene rings is 3. The van der Waals surface area contributed by atoms with Crippen molar-refractivity contribution in [2.24, 2.45) is 0 Å². The van der Waals surface area contributed by atoms with Gasteiger partial charge in [0.05, 0.1) is 0 Å². The lowest BCUT2D eigenvalue weighted by Gasteiger charge is -2.07. The Bertz CT molecular complexity index is 1260. The minimum absolute atomic E-state index is 0.0318. The van der Waals surface area contributed by atoms with Crippen molar-refractivity contribution >= 4 is 23.0 Å². The molecule has 4 rings (SSSR count). The number of carbonyl (C=O) groups is 1. The zero-order valence-electron chi connectivity index (χ0n) is 15.2. The number of esters is 1. The number of ether oxygens (including phenoxy) is 1. The van der Waals surface area contributed by atoms with Crippen molar-refractivity contribution in [2.75, 3.05) is 0 Å². The first-order valence-electron chi connectivity index (χ1n) is 8.91. The minimum atomic E-state index is -0.617. The van der Waals surface area contributed by atoms with Gasteiger partial charge in [0.2, 0.25) is 0 Å². The van der Waals surface area contributed by atoms with Crippen LogP contribution in [0.3, 0.4) is 0 Å². The first-order chi connectivity index (χ1) is 14.1. The average Bonchev–Trinajstić information content (AvgIpc) is 2.73. The molecule has 5 nitrogen and oxygen atoms in total. The maximum atomic E-state index is 12.4. The molecule has 0 atom stereocenters. The zero-order chi connectivity index (χ0) is 20.2. The van der Waals surface area contributed by atoms with Gasteiger partial charge in [0.1, 0.15) is 28.2 Å². The van der Waals surface area contributed by atoms with Crippen LogP contribution in [0.2, 0.25) is 0 Å². The van der Waals surface area contributed by atoms with Crippen LogP contribution in [0.1, 0.15) is 5.56 Å². The van der Waals surface area contributed by atoms with E-state index in [0.717, 1.165) is 11.1 Å².